The topological polar surface area (TPSA) is 49.4 Å². The van der Waals surface area contributed by atoms with E-state index >= 15 is 0 Å². The zero-order valence-electron chi connectivity index (χ0n) is 13.1. The number of likely N-dealkylation sites (tertiary alicyclic amines) is 1. The monoisotopic (exact) mass is 340 g/mol. The van der Waals surface area contributed by atoms with Gasteiger partial charge in [0.25, 0.3) is 0 Å². The number of hydrogen-bond donors (Lipinski definition) is 1. The van der Waals surface area contributed by atoms with E-state index in [-0.39, 0.29) is 42.9 Å². The highest BCUT2D eigenvalue weighted by Crippen LogP contribution is 2.33. The third-order valence-electron chi connectivity index (χ3n) is 4.43. The summed E-state index contributed by atoms with van der Waals surface area (Å²) >= 11 is 0. The zero-order chi connectivity index (χ0) is 17.3. The Morgan fingerprint density at radius 2 is 1.96 bits per heavy atom. The minimum Gasteiger partial charge on any atom is -0.351 e. The van der Waals surface area contributed by atoms with E-state index in [2.05, 4.69) is 5.32 Å². The lowest BCUT2D eigenvalue weighted by atomic mass is 10.1. The van der Waals surface area contributed by atoms with Gasteiger partial charge in [-0.25, -0.2) is 0 Å². The van der Waals surface area contributed by atoms with Crippen LogP contribution in [0.4, 0.5) is 13.2 Å². The van der Waals surface area contributed by atoms with E-state index in [1.807, 2.05) is 0 Å². The summed E-state index contributed by atoms with van der Waals surface area (Å²) in [7, 11) is 0. The van der Waals surface area contributed by atoms with Crippen LogP contribution in [0.25, 0.3) is 0 Å². The molecule has 1 atom stereocenters. The van der Waals surface area contributed by atoms with Crippen molar-refractivity contribution < 1.29 is 22.8 Å². The average molecular weight is 340 g/mol. The minimum absolute atomic E-state index is 0.0725. The van der Waals surface area contributed by atoms with Crippen molar-refractivity contribution >= 4 is 11.8 Å². The molecule has 0 spiro atoms. The van der Waals surface area contributed by atoms with Crippen LogP contribution in [-0.4, -0.2) is 29.3 Å². The second kappa shape index (κ2) is 6.45. The van der Waals surface area contributed by atoms with Gasteiger partial charge in [0.05, 0.1) is 11.6 Å². The molecule has 1 aromatic carbocycles. The average Bonchev–Trinajstić information content (AvgIpc) is 3.23. The molecular formula is C17H19F3N2O2. The number of alkyl halides is 3. The third-order valence-corrected chi connectivity index (χ3v) is 4.43. The minimum atomic E-state index is -4.45. The summed E-state index contributed by atoms with van der Waals surface area (Å²) in [6.45, 7) is 0.158. The summed E-state index contributed by atoms with van der Waals surface area (Å²) in [5.74, 6) is 0.147. The fourth-order valence-corrected chi connectivity index (χ4v) is 3.03. The fourth-order valence-electron chi connectivity index (χ4n) is 3.03. The number of nitrogens with one attached hydrogen (secondary N) is 1. The number of benzene rings is 1. The van der Waals surface area contributed by atoms with Crippen LogP contribution in [0.1, 0.15) is 36.8 Å². The van der Waals surface area contributed by atoms with Crippen LogP contribution in [0, 0.1) is 5.92 Å². The van der Waals surface area contributed by atoms with Crippen molar-refractivity contribution in [2.24, 2.45) is 5.92 Å². The second-order valence-electron chi connectivity index (χ2n) is 6.55. The van der Waals surface area contributed by atoms with Crippen molar-refractivity contribution in [2.45, 2.75) is 44.4 Å². The van der Waals surface area contributed by atoms with Gasteiger partial charge < -0.3 is 10.2 Å². The lowest BCUT2D eigenvalue weighted by molar-refractivity contribution is -0.139. The Labute approximate surface area is 138 Å². The molecule has 130 valence electrons. The van der Waals surface area contributed by atoms with Crippen molar-refractivity contribution in [3.8, 4) is 0 Å². The summed E-state index contributed by atoms with van der Waals surface area (Å²) in [6.07, 6.45) is -1.70. The second-order valence-corrected chi connectivity index (χ2v) is 6.55. The molecule has 1 saturated heterocycles. The van der Waals surface area contributed by atoms with Gasteiger partial charge in [0, 0.05) is 25.9 Å². The first kappa shape index (κ1) is 16.8. The third kappa shape index (κ3) is 4.07. The number of carbonyl (C=O) groups excluding carboxylic acids is 2. The van der Waals surface area contributed by atoms with Crippen LogP contribution in [0.5, 0.6) is 0 Å². The number of carbonyl (C=O) groups is 2. The molecule has 1 unspecified atom stereocenters. The molecule has 0 aromatic heterocycles. The predicted octanol–water partition coefficient (Wildman–Crippen LogP) is 2.72. The Bertz CT molecular complexity index is 641. The SMILES string of the molecule is O=C(CC1CC1)NC1CC(=O)N(Cc2ccccc2C(F)(F)F)C1. The van der Waals surface area contributed by atoms with Crippen molar-refractivity contribution in [2.75, 3.05) is 6.54 Å². The van der Waals surface area contributed by atoms with Crippen LogP contribution >= 0.6 is 0 Å². The molecule has 0 bridgehead atoms. The summed E-state index contributed by atoms with van der Waals surface area (Å²) < 4.78 is 39.1. The van der Waals surface area contributed by atoms with Gasteiger partial charge in [-0.3, -0.25) is 9.59 Å². The van der Waals surface area contributed by atoms with E-state index in [1.165, 1.54) is 23.1 Å². The summed E-state index contributed by atoms with van der Waals surface area (Å²) in [5.41, 5.74) is -0.651. The quantitative estimate of drug-likeness (QED) is 0.896. The van der Waals surface area contributed by atoms with Gasteiger partial charge in [0.2, 0.25) is 11.8 Å². The molecule has 1 heterocycles. The number of rotatable bonds is 5. The highest BCUT2D eigenvalue weighted by atomic mass is 19.4. The van der Waals surface area contributed by atoms with Crippen molar-refractivity contribution in [1.82, 2.24) is 10.2 Å². The number of hydrogen-bond acceptors (Lipinski definition) is 2. The Morgan fingerprint density at radius 3 is 2.62 bits per heavy atom. The first-order valence-electron chi connectivity index (χ1n) is 8.05. The standard InChI is InChI=1S/C17H19F3N2O2/c18-17(19,20)14-4-2-1-3-12(14)9-22-10-13(8-16(22)24)21-15(23)7-11-5-6-11/h1-4,11,13H,5-10H2,(H,21,23). The van der Waals surface area contributed by atoms with E-state index in [4.69, 9.17) is 0 Å². The first-order chi connectivity index (χ1) is 11.3. The molecule has 3 rings (SSSR count). The van der Waals surface area contributed by atoms with Crippen molar-refractivity contribution in [1.29, 1.82) is 0 Å². The van der Waals surface area contributed by atoms with Gasteiger partial charge >= 0.3 is 6.18 Å². The molecule has 7 heteroatoms. The van der Waals surface area contributed by atoms with E-state index in [1.54, 1.807) is 0 Å². The molecule has 1 N–H and O–H groups in total. The van der Waals surface area contributed by atoms with Gasteiger partial charge in [-0.15, -0.1) is 0 Å². The maximum Gasteiger partial charge on any atom is 0.416 e. The fraction of sp³-hybridized carbons (Fsp3) is 0.529. The highest BCUT2D eigenvalue weighted by Gasteiger charge is 2.36. The molecule has 1 aliphatic carbocycles. The number of nitrogens with zero attached hydrogens (tertiary/aromatic N) is 1. The number of halogens is 3. The molecule has 24 heavy (non-hydrogen) atoms. The molecular weight excluding hydrogens is 321 g/mol. The van der Waals surface area contributed by atoms with E-state index in [0.717, 1.165) is 18.9 Å². The van der Waals surface area contributed by atoms with Gasteiger partial charge in [-0.2, -0.15) is 13.2 Å². The van der Waals surface area contributed by atoms with Crippen LogP contribution in [0.3, 0.4) is 0 Å². The van der Waals surface area contributed by atoms with Gasteiger partial charge in [0.1, 0.15) is 0 Å². The highest BCUT2D eigenvalue weighted by molar-refractivity contribution is 5.82. The van der Waals surface area contributed by atoms with Gasteiger partial charge in [-0.1, -0.05) is 18.2 Å². The Morgan fingerprint density at radius 1 is 1.25 bits per heavy atom. The summed E-state index contributed by atoms with van der Waals surface area (Å²) in [5, 5.41) is 2.82. The smallest absolute Gasteiger partial charge is 0.351 e. The van der Waals surface area contributed by atoms with E-state index in [9.17, 15) is 22.8 Å². The maximum absolute atomic E-state index is 13.0. The molecule has 2 fully saturated rings. The maximum atomic E-state index is 13.0. The largest absolute Gasteiger partial charge is 0.416 e. The van der Waals surface area contributed by atoms with Crippen LogP contribution < -0.4 is 5.32 Å². The van der Waals surface area contributed by atoms with Crippen LogP contribution in [0.15, 0.2) is 24.3 Å². The molecule has 2 amide bonds. The summed E-state index contributed by atoms with van der Waals surface area (Å²) in [4.78, 5) is 25.3. The van der Waals surface area contributed by atoms with Crippen molar-refractivity contribution in [3.63, 3.8) is 0 Å². The zero-order valence-corrected chi connectivity index (χ0v) is 13.1. The number of amides is 2. The Hall–Kier alpha value is -2.05. The molecule has 2 aliphatic rings. The Balaban J connectivity index is 1.62. The summed E-state index contributed by atoms with van der Waals surface area (Å²) in [6, 6.07) is 4.95. The molecule has 1 aliphatic heterocycles. The van der Waals surface area contributed by atoms with Gasteiger partial charge in [0.15, 0.2) is 0 Å². The van der Waals surface area contributed by atoms with Crippen molar-refractivity contribution in [3.05, 3.63) is 35.4 Å². The van der Waals surface area contributed by atoms with Crippen LogP contribution in [0.2, 0.25) is 0 Å². The lowest BCUT2D eigenvalue weighted by Gasteiger charge is -2.20. The van der Waals surface area contributed by atoms with Crippen LogP contribution in [-0.2, 0) is 22.3 Å². The first-order valence-corrected chi connectivity index (χ1v) is 8.05. The van der Waals surface area contributed by atoms with Gasteiger partial charge in [-0.05, 0) is 30.4 Å². The van der Waals surface area contributed by atoms with E-state index in [0.29, 0.717) is 12.3 Å². The van der Waals surface area contributed by atoms with E-state index < -0.39 is 11.7 Å². The molecule has 0 radical (unpaired) electrons. The molecule has 1 saturated carbocycles. The lowest BCUT2D eigenvalue weighted by Crippen LogP contribution is -2.37. The Kier molecular flexibility index (Phi) is 4.51. The normalized spacial score (nSPS) is 21.2. The molecule has 1 aromatic rings. The molecule has 4 nitrogen and oxygen atoms in total. The predicted molar refractivity (Wildman–Crippen MR) is 80.7 cm³/mol.